The molecule has 4 nitrogen and oxygen atoms in total. The van der Waals surface area contributed by atoms with E-state index in [1.54, 1.807) is 0 Å². The van der Waals surface area contributed by atoms with Crippen molar-refractivity contribution in [2.75, 3.05) is 17.3 Å². The maximum absolute atomic E-state index is 13.7. The Labute approximate surface area is 129 Å². The summed E-state index contributed by atoms with van der Waals surface area (Å²) in [7, 11) is -3.38. The lowest BCUT2D eigenvalue weighted by atomic mass is 10.2. The first kappa shape index (κ1) is 15.7. The molecule has 8 heteroatoms. The second kappa shape index (κ2) is 5.61. The van der Waals surface area contributed by atoms with E-state index < -0.39 is 21.5 Å². The molecule has 112 valence electrons. The molecule has 3 N–H and O–H groups in total. The molecule has 0 fully saturated rings. The van der Waals surface area contributed by atoms with E-state index in [4.69, 9.17) is 5.73 Å². The van der Waals surface area contributed by atoms with Crippen LogP contribution in [-0.4, -0.2) is 14.7 Å². The van der Waals surface area contributed by atoms with E-state index >= 15 is 0 Å². The molecule has 0 aliphatic rings. The summed E-state index contributed by atoms with van der Waals surface area (Å²) in [4.78, 5) is 0.0491. The molecule has 0 bridgehead atoms. The van der Waals surface area contributed by atoms with Crippen LogP contribution in [0.3, 0.4) is 0 Å². The first-order valence-electron chi connectivity index (χ1n) is 5.69. The van der Waals surface area contributed by atoms with Crippen molar-refractivity contribution >= 4 is 42.8 Å². The van der Waals surface area contributed by atoms with Gasteiger partial charge >= 0.3 is 0 Å². The quantitative estimate of drug-likeness (QED) is 0.635. The fourth-order valence-electron chi connectivity index (χ4n) is 1.65. The molecule has 2 aromatic rings. The smallest absolute Gasteiger partial charge is 0.175 e. The number of nitrogen functional groups attached to an aromatic ring is 1. The van der Waals surface area contributed by atoms with Gasteiger partial charge < -0.3 is 11.1 Å². The topological polar surface area (TPSA) is 72.2 Å². The standard InChI is InChI=1S/C13H11BrF2N2O2S/c1-21(19,20)7-2-3-12(11(17)4-7)18-13-6-9(15)8(14)5-10(13)16/h2-6,18H,17H2,1H3. The minimum absolute atomic E-state index is 0.00551. The molecule has 21 heavy (non-hydrogen) atoms. The average Bonchev–Trinajstić information content (AvgIpc) is 2.36. The molecule has 0 spiro atoms. The highest BCUT2D eigenvalue weighted by molar-refractivity contribution is 9.10. The van der Waals surface area contributed by atoms with E-state index in [9.17, 15) is 17.2 Å². The molecule has 0 heterocycles. The fourth-order valence-corrected chi connectivity index (χ4v) is 2.62. The van der Waals surface area contributed by atoms with Crippen LogP contribution in [0.15, 0.2) is 39.7 Å². The third-order valence-corrected chi connectivity index (χ3v) is 4.45. The average molecular weight is 377 g/mol. The van der Waals surface area contributed by atoms with Gasteiger partial charge in [-0.1, -0.05) is 0 Å². The van der Waals surface area contributed by atoms with Crippen molar-refractivity contribution in [2.24, 2.45) is 0 Å². The van der Waals surface area contributed by atoms with E-state index in [1.807, 2.05) is 0 Å². The number of hydrogen-bond acceptors (Lipinski definition) is 4. The summed E-state index contributed by atoms with van der Waals surface area (Å²) in [5, 5.41) is 2.63. The highest BCUT2D eigenvalue weighted by atomic mass is 79.9. The Morgan fingerprint density at radius 3 is 2.33 bits per heavy atom. The van der Waals surface area contributed by atoms with Crippen LogP contribution < -0.4 is 11.1 Å². The van der Waals surface area contributed by atoms with Crippen LogP contribution in [0.1, 0.15) is 0 Å². The number of nitrogens with two attached hydrogens (primary N) is 1. The highest BCUT2D eigenvalue weighted by Crippen LogP contribution is 2.29. The third-order valence-electron chi connectivity index (χ3n) is 2.73. The summed E-state index contributed by atoms with van der Waals surface area (Å²) in [6.07, 6.45) is 1.05. The van der Waals surface area contributed by atoms with Crippen molar-refractivity contribution in [3.63, 3.8) is 0 Å². The van der Waals surface area contributed by atoms with E-state index in [1.165, 1.54) is 18.2 Å². The summed E-state index contributed by atoms with van der Waals surface area (Å²) in [6, 6.07) is 5.94. The zero-order valence-electron chi connectivity index (χ0n) is 10.8. The number of hydrogen-bond donors (Lipinski definition) is 2. The Balaban J connectivity index is 2.39. The van der Waals surface area contributed by atoms with Crippen molar-refractivity contribution < 1.29 is 17.2 Å². The summed E-state index contributed by atoms with van der Waals surface area (Å²) < 4.78 is 49.9. The first-order chi connectivity index (χ1) is 9.68. The largest absolute Gasteiger partial charge is 0.397 e. The molecule has 0 unspecified atom stereocenters. The van der Waals surface area contributed by atoms with Gasteiger partial charge in [0.2, 0.25) is 0 Å². The molecular weight excluding hydrogens is 366 g/mol. The second-order valence-corrected chi connectivity index (χ2v) is 7.26. The number of sulfone groups is 1. The molecule has 0 aromatic heterocycles. The molecular formula is C13H11BrF2N2O2S. The van der Waals surface area contributed by atoms with Crippen LogP contribution in [0.4, 0.5) is 25.8 Å². The zero-order chi connectivity index (χ0) is 15.8. The lowest BCUT2D eigenvalue weighted by Gasteiger charge is -2.12. The zero-order valence-corrected chi connectivity index (χ0v) is 13.2. The summed E-state index contributed by atoms with van der Waals surface area (Å²) >= 11 is 2.88. The molecule has 2 rings (SSSR count). The van der Waals surface area contributed by atoms with E-state index in [0.717, 1.165) is 18.4 Å². The molecule has 0 radical (unpaired) electrons. The molecule has 0 aliphatic carbocycles. The second-order valence-electron chi connectivity index (χ2n) is 4.39. The van der Waals surface area contributed by atoms with Crippen molar-refractivity contribution in [1.29, 1.82) is 0 Å². The van der Waals surface area contributed by atoms with Gasteiger partial charge in [-0.2, -0.15) is 0 Å². The van der Waals surface area contributed by atoms with Crippen molar-refractivity contribution in [3.05, 3.63) is 46.4 Å². The molecule has 0 saturated heterocycles. The van der Waals surface area contributed by atoms with E-state index in [0.29, 0.717) is 0 Å². The summed E-state index contributed by atoms with van der Waals surface area (Å²) in [6.45, 7) is 0. The molecule has 0 aliphatic heterocycles. The molecule has 0 saturated carbocycles. The summed E-state index contributed by atoms with van der Waals surface area (Å²) in [5.41, 5.74) is 6.02. The Kier molecular flexibility index (Phi) is 4.20. The predicted octanol–water partition coefficient (Wildman–Crippen LogP) is 3.46. The lowest BCUT2D eigenvalue weighted by Crippen LogP contribution is -2.02. The number of benzene rings is 2. The van der Waals surface area contributed by atoms with Gasteiger partial charge in [-0.25, -0.2) is 17.2 Å². The van der Waals surface area contributed by atoms with Crippen LogP contribution in [0, 0.1) is 11.6 Å². The van der Waals surface area contributed by atoms with Crippen molar-refractivity contribution in [3.8, 4) is 0 Å². The van der Waals surface area contributed by atoms with Gasteiger partial charge in [0.25, 0.3) is 0 Å². The maximum Gasteiger partial charge on any atom is 0.175 e. The Morgan fingerprint density at radius 1 is 1.10 bits per heavy atom. The van der Waals surface area contributed by atoms with Gasteiger partial charge in [-0.05, 0) is 40.2 Å². The minimum atomic E-state index is -3.38. The van der Waals surface area contributed by atoms with Gasteiger partial charge in [0, 0.05) is 12.3 Å². The SMILES string of the molecule is CS(=O)(=O)c1ccc(Nc2cc(F)c(Br)cc2F)c(N)c1. The van der Waals surface area contributed by atoms with Crippen molar-refractivity contribution in [2.45, 2.75) is 4.90 Å². The Hall–Kier alpha value is -1.67. The Bertz CT molecular complexity index is 810. The predicted molar refractivity (Wildman–Crippen MR) is 81.3 cm³/mol. The van der Waals surface area contributed by atoms with Gasteiger partial charge in [-0.15, -0.1) is 0 Å². The normalized spacial score (nSPS) is 11.4. The third kappa shape index (κ3) is 3.51. The number of rotatable bonds is 3. The van der Waals surface area contributed by atoms with Crippen LogP contribution in [0.2, 0.25) is 0 Å². The fraction of sp³-hybridized carbons (Fsp3) is 0.0769. The highest BCUT2D eigenvalue weighted by Gasteiger charge is 2.12. The monoisotopic (exact) mass is 376 g/mol. The van der Waals surface area contributed by atoms with Crippen LogP contribution in [0.5, 0.6) is 0 Å². The molecule has 0 amide bonds. The van der Waals surface area contributed by atoms with Gasteiger partial charge in [0.1, 0.15) is 11.6 Å². The summed E-state index contributed by atoms with van der Waals surface area (Å²) in [5.74, 6) is -1.31. The maximum atomic E-state index is 13.7. The first-order valence-corrected chi connectivity index (χ1v) is 8.38. The minimum Gasteiger partial charge on any atom is -0.397 e. The molecule has 0 atom stereocenters. The van der Waals surface area contributed by atoms with Crippen LogP contribution in [-0.2, 0) is 9.84 Å². The van der Waals surface area contributed by atoms with Gasteiger partial charge in [0.15, 0.2) is 9.84 Å². The molecule has 2 aromatic carbocycles. The van der Waals surface area contributed by atoms with Gasteiger partial charge in [0.05, 0.1) is 26.4 Å². The lowest BCUT2D eigenvalue weighted by molar-refractivity contribution is 0.598. The number of anilines is 3. The van der Waals surface area contributed by atoms with Crippen molar-refractivity contribution in [1.82, 2.24) is 0 Å². The van der Waals surface area contributed by atoms with Crippen LogP contribution in [0.25, 0.3) is 0 Å². The van der Waals surface area contributed by atoms with E-state index in [-0.39, 0.29) is 26.4 Å². The van der Waals surface area contributed by atoms with Crippen LogP contribution >= 0.6 is 15.9 Å². The Morgan fingerprint density at radius 2 is 1.76 bits per heavy atom. The van der Waals surface area contributed by atoms with Gasteiger partial charge in [-0.3, -0.25) is 0 Å². The number of nitrogens with one attached hydrogen (secondary N) is 1. The van der Waals surface area contributed by atoms with E-state index in [2.05, 4.69) is 21.2 Å². The number of halogens is 3.